The highest BCUT2D eigenvalue weighted by Gasteiger charge is 2.22. The molecule has 5 rings (SSSR count). The van der Waals surface area contributed by atoms with Gasteiger partial charge < -0.3 is 19.3 Å². The summed E-state index contributed by atoms with van der Waals surface area (Å²) in [6.07, 6.45) is 1.36. The van der Waals surface area contributed by atoms with Crippen LogP contribution in [0.3, 0.4) is 0 Å². The van der Waals surface area contributed by atoms with Crippen LogP contribution >= 0.6 is 0 Å². The first-order chi connectivity index (χ1) is 22.0. The van der Waals surface area contributed by atoms with E-state index in [9.17, 15) is 19.5 Å². The van der Waals surface area contributed by atoms with E-state index in [4.69, 9.17) is 4.98 Å². The molecular formula is C34H37N7O5. The highest BCUT2D eigenvalue weighted by molar-refractivity contribution is 6.04. The monoisotopic (exact) mass is 623 g/mol. The molecule has 0 aliphatic carbocycles. The number of rotatable bonds is 8. The third kappa shape index (κ3) is 7.94. The number of nitrogens with zero attached hydrogens (tertiary/aromatic N) is 5. The lowest BCUT2D eigenvalue weighted by molar-refractivity contribution is 0.0630. The van der Waals surface area contributed by atoms with E-state index in [-0.39, 0.29) is 17.8 Å². The minimum absolute atomic E-state index is 0.187. The van der Waals surface area contributed by atoms with Gasteiger partial charge in [-0.1, -0.05) is 18.1 Å². The number of aliphatic hydroxyl groups is 1. The number of imidazole rings is 1. The Morgan fingerprint density at radius 2 is 1.85 bits per heavy atom. The molecule has 238 valence electrons. The van der Waals surface area contributed by atoms with Crippen molar-refractivity contribution in [2.45, 2.75) is 32.5 Å². The van der Waals surface area contributed by atoms with Gasteiger partial charge in [-0.2, -0.15) is 0 Å². The predicted octanol–water partition coefficient (Wildman–Crippen LogP) is 3.59. The minimum Gasteiger partial charge on any atom is -0.453 e. The Labute approximate surface area is 267 Å². The zero-order chi connectivity index (χ0) is 32.8. The van der Waals surface area contributed by atoms with Gasteiger partial charge in [-0.3, -0.25) is 25.1 Å². The summed E-state index contributed by atoms with van der Waals surface area (Å²) in [5, 5.41) is 16.1. The van der Waals surface area contributed by atoms with Gasteiger partial charge in [-0.25, -0.2) is 14.8 Å². The molecule has 0 radical (unpaired) electrons. The van der Waals surface area contributed by atoms with Crippen molar-refractivity contribution in [3.05, 3.63) is 82.7 Å². The Hall–Kier alpha value is -5.09. The molecule has 0 atom stereocenters. The number of aldehydes is 1. The highest BCUT2D eigenvalue weighted by Crippen LogP contribution is 2.25. The number of nitrogens with one attached hydrogen (secondary N) is 2. The van der Waals surface area contributed by atoms with E-state index in [0.29, 0.717) is 34.6 Å². The molecule has 0 saturated carbocycles. The van der Waals surface area contributed by atoms with Gasteiger partial charge in [-0.05, 0) is 68.8 Å². The van der Waals surface area contributed by atoms with Crippen molar-refractivity contribution in [3.63, 3.8) is 0 Å². The number of likely N-dealkylation sites (N-methyl/N-ethyl adjacent to an activating group) is 1. The summed E-state index contributed by atoms with van der Waals surface area (Å²) in [7, 11) is 3.36. The van der Waals surface area contributed by atoms with Crippen molar-refractivity contribution in [2.75, 3.05) is 51.0 Å². The molecule has 4 aromatic rings. The SMILES string of the molecule is COC(=O)Nc1cccc(C#Cc2cc(C(=O)Nc3nc4ccc(CN5CCN(C)CC5)cc4n3CC(C)(C)O)ccn2)c1C=O. The number of anilines is 2. The number of piperazine rings is 1. The molecule has 1 saturated heterocycles. The summed E-state index contributed by atoms with van der Waals surface area (Å²) < 4.78 is 6.45. The number of fused-ring (bicyclic) bond motifs is 1. The number of carbonyl (C=O) groups is 3. The van der Waals surface area contributed by atoms with Crippen molar-refractivity contribution in [1.82, 2.24) is 24.3 Å². The average Bonchev–Trinajstić information content (AvgIpc) is 3.35. The van der Waals surface area contributed by atoms with Crippen LogP contribution in [0.15, 0.2) is 54.7 Å². The molecule has 0 unspecified atom stereocenters. The zero-order valence-electron chi connectivity index (χ0n) is 26.3. The molecule has 0 bridgehead atoms. The van der Waals surface area contributed by atoms with Gasteiger partial charge in [-0.15, -0.1) is 0 Å². The summed E-state index contributed by atoms with van der Waals surface area (Å²) in [6.45, 7) is 8.49. The maximum atomic E-state index is 13.5. The molecular weight excluding hydrogens is 586 g/mol. The van der Waals surface area contributed by atoms with Gasteiger partial charge in [0.25, 0.3) is 5.91 Å². The fourth-order valence-corrected chi connectivity index (χ4v) is 5.19. The molecule has 12 heteroatoms. The molecule has 1 aliphatic rings. The molecule has 12 nitrogen and oxygen atoms in total. The van der Waals surface area contributed by atoms with Gasteiger partial charge in [0, 0.05) is 50.0 Å². The first-order valence-corrected chi connectivity index (χ1v) is 14.9. The number of methoxy groups -OCH3 is 1. The molecule has 46 heavy (non-hydrogen) atoms. The number of benzene rings is 2. The summed E-state index contributed by atoms with van der Waals surface area (Å²) in [4.78, 5) is 50.6. The molecule has 2 aromatic heterocycles. The smallest absolute Gasteiger partial charge is 0.411 e. The number of pyridine rings is 1. The third-order valence-corrected chi connectivity index (χ3v) is 7.58. The number of hydrogen-bond acceptors (Lipinski definition) is 9. The maximum absolute atomic E-state index is 13.5. The van der Waals surface area contributed by atoms with Crippen LogP contribution < -0.4 is 10.6 Å². The zero-order valence-corrected chi connectivity index (χ0v) is 26.3. The van der Waals surface area contributed by atoms with Gasteiger partial charge in [0.05, 0.1) is 41.5 Å². The van der Waals surface area contributed by atoms with E-state index in [1.165, 1.54) is 19.4 Å². The molecule has 3 heterocycles. The Morgan fingerprint density at radius 1 is 1.07 bits per heavy atom. The minimum atomic E-state index is -1.07. The average molecular weight is 624 g/mol. The predicted molar refractivity (Wildman–Crippen MR) is 175 cm³/mol. The van der Waals surface area contributed by atoms with Gasteiger partial charge in [0.1, 0.15) is 5.69 Å². The van der Waals surface area contributed by atoms with Crippen LogP contribution in [0.5, 0.6) is 0 Å². The standard InChI is InChI=1S/C34H37N7O5/c1-34(2,45)22-41-30-18-23(20-40-16-14-39(3)15-17-40)8-11-29(30)36-32(41)38-31(43)25-12-13-35-26(19-25)10-9-24-6-5-7-28(27(24)21-42)37-33(44)46-4/h5-8,11-13,18-19,21,45H,14-17,20,22H2,1-4H3,(H,37,44)(H,36,38,43). The first kappa shape index (κ1) is 32.3. The molecule has 0 spiro atoms. The van der Waals surface area contributed by atoms with Crippen LogP contribution in [0.2, 0.25) is 0 Å². The lowest BCUT2D eigenvalue weighted by atomic mass is 10.1. The van der Waals surface area contributed by atoms with Crippen molar-refractivity contribution < 1.29 is 24.2 Å². The van der Waals surface area contributed by atoms with Crippen molar-refractivity contribution in [2.24, 2.45) is 0 Å². The van der Waals surface area contributed by atoms with Crippen LogP contribution in [0.4, 0.5) is 16.4 Å². The topological polar surface area (TPSA) is 142 Å². The Kier molecular flexibility index (Phi) is 9.77. The van der Waals surface area contributed by atoms with Crippen LogP contribution in [-0.4, -0.2) is 93.7 Å². The number of aromatic nitrogens is 3. The van der Waals surface area contributed by atoms with E-state index in [1.807, 2.05) is 10.6 Å². The summed E-state index contributed by atoms with van der Waals surface area (Å²) >= 11 is 0. The largest absolute Gasteiger partial charge is 0.453 e. The quantitative estimate of drug-likeness (QED) is 0.198. The Bertz CT molecular complexity index is 1830. The molecule has 1 aliphatic heterocycles. The van der Waals surface area contributed by atoms with Gasteiger partial charge in [0.2, 0.25) is 5.95 Å². The summed E-state index contributed by atoms with van der Waals surface area (Å²) in [6, 6.07) is 14.0. The van der Waals surface area contributed by atoms with Crippen molar-refractivity contribution in [3.8, 4) is 11.8 Å². The van der Waals surface area contributed by atoms with Crippen molar-refractivity contribution >= 4 is 41.0 Å². The van der Waals surface area contributed by atoms with E-state index in [0.717, 1.165) is 43.8 Å². The Morgan fingerprint density at radius 3 is 2.57 bits per heavy atom. The highest BCUT2D eigenvalue weighted by atomic mass is 16.5. The van der Waals surface area contributed by atoms with Gasteiger partial charge >= 0.3 is 6.09 Å². The second kappa shape index (κ2) is 13.9. The van der Waals surface area contributed by atoms with E-state index in [1.54, 1.807) is 38.1 Å². The molecule has 3 N–H and O–H groups in total. The van der Waals surface area contributed by atoms with Crippen LogP contribution in [0.25, 0.3) is 11.0 Å². The van der Waals surface area contributed by atoms with E-state index >= 15 is 0 Å². The van der Waals surface area contributed by atoms with E-state index in [2.05, 4.69) is 61.2 Å². The van der Waals surface area contributed by atoms with Crippen LogP contribution in [0.1, 0.15) is 51.4 Å². The molecule has 1 fully saturated rings. The fraction of sp³-hybridized carbons (Fsp3) is 0.324. The first-order valence-electron chi connectivity index (χ1n) is 14.9. The van der Waals surface area contributed by atoms with E-state index < -0.39 is 17.6 Å². The number of amides is 2. The summed E-state index contributed by atoms with van der Waals surface area (Å²) in [5.41, 5.74) is 3.01. The van der Waals surface area contributed by atoms with Crippen LogP contribution in [-0.2, 0) is 17.8 Å². The Balaban J connectivity index is 1.39. The number of hydrogen-bond donors (Lipinski definition) is 3. The maximum Gasteiger partial charge on any atom is 0.411 e. The normalized spacial score (nSPS) is 13.9. The second-order valence-electron chi connectivity index (χ2n) is 11.9. The number of carbonyl (C=O) groups excluding carboxylic acids is 3. The van der Waals surface area contributed by atoms with Crippen molar-refractivity contribution in [1.29, 1.82) is 0 Å². The summed E-state index contributed by atoms with van der Waals surface area (Å²) in [5.74, 6) is 5.68. The molecule has 2 amide bonds. The van der Waals surface area contributed by atoms with Crippen LogP contribution in [0, 0.1) is 11.8 Å². The fourth-order valence-electron chi connectivity index (χ4n) is 5.19. The lowest BCUT2D eigenvalue weighted by Gasteiger charge is -2.32. The number of ether oxygens (including phenoxy) is 1. The van der Waals surface area contributed by atoms with Gasteiger partial charge in [0.15, 0.2) is 6.29 Å². The second-order valence-corrected chi connectivity index (χ2v) is 11.9. The third-order valence-electron chi connectivity index (χ3n) is 7.58. The molecule has 2 aromatic carbocycles. The lowest BCUT2D eigenvalue weighted by Crippen LogP contribution is -2.43.